The van der Waals surface area contributed by atoms with E-state index in [0.717, 1.165) is 22.3 Å². The predicted octanol–water partition coefficient (Wildman–Crippen LogP) is 4.69. The Balaban J connectivity index is 2.00. The maximum Gasteiger partial charge on any atom is 0.0891 e. The molecule has 1 aromatic carbocycles. The topological polar surface area (TPSA) is 3.24 Å². The summed E-state index contributed by atoms with van der Waals surface area (Å²) in [5.74, 6) is 0.456. The zero-order valence-electron chi connectivity index (χ0n) is 10.2. The fraction of sp³-hybridized carbons (Fsp3) is 0.571. The quantitative estimate of drug-likeness (QED) is 0.526. The Morgan fingerprint density at radius 2 is 1.94 bits per heavy atom. The molecule has 0 spiro atoms. The van der Waals surface area contributed by atoms with Crippen molar-refractivity contribution in [3.05, 3.63) is 29.8 Å². The van der Waals surface area contributed by atoms with Crippen molar-refractivity contribution in [2.45, 2.75) is 49.5 Å². The number of nitrogens with zero attached hydrogens (tertiary/aromatic N) is 1. The van der Waals surface area contributed by atoms with Crippen molar-refractivity contribution in [3.63, 3.8) is 0 Å². The average molecular weight is 251 g/mol. The molecule has 1 aliphatic carbocycles. The molecule has 92 valence electrons. The summed E-state index contributed by atoms with van der Waals surface area (Å²) in [5, 5.41) is 0. The van der Waals surface area contributed by atoms with Gasteiger partial charge >= 0.3 is 0 Å². The molecule has 0 N–H and O–H groups in total. The van der Waals surface area contributed by atoms with Crippen molar-refractivity contribution in [2.24, 2.45) is 5.92 Å². The SMILES string of the molecule is CC1(C2CCCCC2)c2ccccc2SN1F. The van der Waals surface area contributed by atoms with Gasteiger partial charge in [0.15, 0.2) is 0 Å². The van der Waals surface area contributed by atoms with Crippen molar-refractivity contribution in [1.82, 2.24) is 4.53 Å². The predicted molar refractivity (Wildman–Crippen MR) is 69.2 cm³/mol. The minimum atomic E-state index is -0.415. The van der Waals surface area contributed by atoms with Crippen LogP contribution in [0.1, 0.15) is 44.6 Å². The van der Waals surface area contributed by atoms with Gasteiger partial charge in [0.25, 0.3) is 0 Å². The van der Waals surface area contributed by atoms with E-state index in [-0.39, 0.29) is 0 Å². The van der Waals surface area contributed by atoms with Gasteiger partial charge < -0.3 is 0 Å². The van der Waals surface area contributed by atoms with Crippen LogP contribution in [-0.4, -0.2) is 4.53 Å². The van der Waals surface area contributed by atoms with Gasteiger partial charge in [0.2, 0.25) is 0 Å². The largest absolute Gasteiger partial charge is 0.122 e. The Hall–Kier alpha value is -0.540. The maximum absolute atomic E-state index is 14.3. The smallest absolute Gasteiger partial charge is 0.0891 e. The van der Waals surface area contributed by atoms with Crippen molar-refractivity contribution in [1.29, 1.82) is 0 Å². The Labute approximate surface area is 106 Å². The number of hydrogen-bond acceptors (Lipinski definition) is 2. The van der Waals surface area contributed by atoms with Crippen molar-refractivity contribution < 1.29 is 4.48 Å². The van der Waals surface area contributed by atoms with E-state index in [4.69, 9.17) is 0 Å². The highest BCUT2D eigenvalue weighted by atomic mass is 32.2. The molecular formula is C14H18FNS. The van der Waals surface area contributed by atoms with E-state index in [1.165, 1.54) is 36.8 Å². The fourth-order valence-electron chi connectivity index (χ4n) is 3.27. The van der Waals surface area contributed by atoms with E-state index < -0.39 is 5.54 Å². The molecule has 0 radical (unpaired) electrons. The van der Waals surface area contributed by atoms with E-state index >= 15 is 0 Å². The van der Waals surface area contributed by atoms with E-state index in [1.54, 1.807) is 0 Å². The summed E-state index contributed by atoms with van der Waals surface area (Å²) in [4.78, 5) is 1.09. The highest BCUT2D eigenvalue weighted by molar-refractivity contribution is 7.97. The number of hydrogen-bond donors (Lipinski definition) is 0. The lowest BCUT2D eigenvalue weighted by molar-refractivity contribution is -0.0182. The molecule has 1 heterocycles. The molecule has 1 atom stereocenters. The molecule has 17 heavy (non-hydrogen) atoms. The first-order chi connectivity index (χ1) is 8.23. The van der Waals surface area contributed by atoms with Crippen LogP contribution in [0.2, 0.25) is 0 Å². The molecule has 1 fully saturated rings. The maximum atomic E-state index is 14.3. The van der Waals surface area contributed by atoms with Crippen molar-refractivity contribution in [2.75, 3.05) is 0 Å². The summed E-state index contributed by atoms with van der Waals surface area (Å²) in [7, 11) is 0. The molecule has 0 bridgehead atoms. The Morgan fingerprint density at radius 3 is 2.71 bits per heavy atom. The summed E-state index contributed by atoms with van der Waals surface area (Å²) >= 11 is 1.26. The second kappa shape index (κ2) is 4.29. The molecule has 0 saturated heterocycles. The van der Waals surface area contributed by atoms with Crippen LogP contribution in [0.5, 0.6) is 0 Å². The first kappa shape index (κ1) is 11.5. The summed E-state index contributed by atoms with van der Waals surface area (Å²) in [5.41, 5.74) is 0.765. The van der Waals surface area contributed by atoms with Crippen molar-refractivity contribution >= 4 is 11.9 Å². The third-order valence-electron chi connectivity index (χ3n) is 4.38. The Kier molecular flexibility index (Phi) is 2.91. The number of halogens is 1. The average Bonchev–Trinajstić information content (AvgIpc) is 2.64. The van der Waals surface area contributed by atoms with Gasteiger partial charge in [-0.15, -0.1) is 4.48 Å². The minimum Gasteiger partial charge on any atom is -0.122 e. The molecule has 1 nitrogen and oxygen atoms in total. The van der Waals surface area contributed by atoms with Gasteiger partial charge in [-0.2, -0.15) is 0 Å². The van der Waals surface area contributed by atoms with Crippen LogP contribution in [0.3, 0.4) is 0 Å². The molecule has 0 amide bonds. The first-order valence-corrected chi connectivity index (χ1v) is 7.24. The van der Waals surface area contributed by atoms with Gasteiger partial charge in [-0.3, -0.25) is 0 Å². The lowest BCUT2D eigenvalue weighted by Crippen LogP contribution is -2.39. The second-order valence-corrected chi connectivity index (χ2v) is 6.26. The molecule has 3 rings (SSSR count). The van der Waals surface area contributed by atoms with Gasteiger partial charge in [0.1, 0.15) is 0 Å². The van der Waals surface area contributed by atoms with E-state index in [2.05, 4.69) is 13.0 Å². The van der Waals surface area contributed by atoms with Gasteiger partial charge in [0, 0.05) is 4.90 Å². The van der Waals surface area contributed by atoms with Crippen LogP contribution >= 0.6 is 11.9 Å². The van der Waals surface area contributed by atoms with Gasteiger partial charge in [-0.05, 0) is 49.3 Å². The summed E-state index contributed by atoms with van der Waals surface area (Å²) in [6.07, 6.45) is 6.13. The lowest BCUT2D eigenvalue weighted by atomic mass is 9.73. The Bertz CT molecular complexity index is 416. The third-order valence-corrected chi connectivity index (χ3v) is 5.47. The highest BCUT2D eigenvalue weighted by Crippen LogP contribution is 2.54. The van der Waals surface area contributed by atoms with Crippen LogP contribution in [0.25, 0.3) is 0 Å². The molecular weight excluding hydrogens is 233 g/mol. The number of fused-ring (bicyclic) bond motifs is 1. The zero-order chi connectivity index (χ0) is 11.9. The first-order valence-electron chi connectivity index (χ1n) is 6.46. The molecule has 3 heteroatoms. The lowest BCUT2D eigenvalue weighted by Gasteiger charge is -2.38. The van der Waals surface area contributed by atoms with Gasteiger partial charge in [-0.25, -0.2) is 0 Å². The molecule has 1 aromatic rings. The number of rotatable bonds is 1. The zero-order valence-corrected chi connectivity index (χ0v) is 11.0. The monoisotopic (exact) mass is 251 g/mol. The van der Waals surface area contributed by atoms with Crippen LogP contribution in [0.4, 0.5) is 4.48 Å². The highest BCUT2D eigenvalue weighted by Gasteiger charge is 2.48. The molecule has 1 aliphatic heterocycles. The molecule has 1 unspecified atom stereocenters. The van der Waals surface area contributed by atoms with E-state index in [0.29, 0.717) is 5.92 Å². The standard InChI is InChI=1S/C14H18FNS/c1-14(11-7-3-2-4-8-11)12-9-5-6-10-13(12)17-16(14)15/h5-6,9-11H,2-4,7-8H2,1H3. The van der Waals surface area contributed by atoms with Crippen molar-refractivity contribution in [3.8, 4) is 0 Å². The van der Waals surface area contributed by atoms with Gasteiger partial charge in [-0.1, -0.05) is 42.0 Å². The second-order valence-electron chi connectivity index (χ2n) is 5.31. The number of benzene rings is 1. The van der Waals surface area contributed by atoms with E-state index in [1.807, 2.05) is 18.2 Å². The van der Waals surface area contributed by atoms with Crippen LogP contribution < -0.4 is 0 Å². The van der Waals surface area contributed by atoms with Crippen LogP contribution in [0.15, 0.2) is 29.2 Å². The summed E-state index contributed by atoms with van der Waals surface area (Å²) in [6, 6.07) is 8.14. The Morgan fingerprint density at radius 1 is 1.24 bits per heavy atom. The summed E-state index contributed by atoms with van der Waals surface area (Å²) < 4.78 is 15.3. The van der Waals surface area contributed by atoms with E-state index in [9.17, 15) is 4.48 Å². The van der Waals surface area contributed by atoms with Crippen LogP contribution in [-0.2, 0) is 5.54 Å². The van der Waals surface area contributed by atoms with Crippen LogP contribution in [0, 0.1) is 5.92 Å². The minimum absolute atomic E-state index is 0.415. The normalized spacial score (nSPS) is 30.5. The molecule has 2 aliphatic rings. The molecule has 1 saturated carbocycles. The third kappa shape index (κ3) is 1.71. The van der Waals surface area contributed by atoms with Gasteiger partial charge in [0.05, 0.1) is 5.54 Å². The molecule has 0 aromatic heterocycles. The fourth-order valence-corrected chi connectivity index (χ4v) is 4.39. The summed E-state index contributed by atoms with van der Waals surface area (Å²) in [6.45, 7) is 2.07.